The van der Waals surface area contributed by atoms with Gasteiger partial charge in [-0.05, 0) is 24.3 Å². The molecule has 0 aliphatic carbocycles. The van der Waals surface area contributed by atoms with Gasteiger partial charge in [-0.25, -0.2) is 4.39 Å². The fourth-order valence-electron chi connectivity index (χ4n) is 2.66. The molecule has 2 heterocycles. The molecule has 0 radical (unpaired) electrons. The summed E-state index contributed by atoms with van der Waals surface area (Å²) in [5.41, 5.74) is 0.881. The highest BCUT2D eigenvalue weighted by atomic mass is 32.2. The molecule has 2 aromatic carbocycles. The number of nitrogens with zero attached hydrogens (tertiary/aromatic N) is 5. The zero-order chi connectivity index (χ0) is 22.7. The van der Waals surface area contributed by atoms with Gasteiger partial charge in [0.1, 0.15) is 5.82 Å². The second-order valence-electron chi connectivity index (χ2n) is 6.20. The fourth-order valence-corrected chi connectivity index (χ4v) is 4.04. The lowest BCUT2D eigenvalue weighted by molar-refractivity contribution is -0.138. The highest BCUT2D eigenvalue weighted by molar-refractivity contribution is 7.99. The number of halogens is 4. The summed E-state index contributed by atoms with van der Waals surface area (Å²) in [7, 11) is 0. The van der Waals surface area contributed by atoms with Crippen molar-refractivity contribution in [3.8, 4) is 17.1 Å². The number of hydrogen-bond acceptors (Lipinski definition) is 7. The molecule has 13 heteroatoms. The Morgan fingerprint density at radius 1 is 1.00 bits per heavy atom. The molecule has 0 saturated carbocycles. The maximum Gasteiger partial charge on any atom is 0.445 e. The van der Waals surface area contributed by atoms with E-state index in [9.17, 15) is 22.4 Å². The van der Waals surface area contributed by atoms with Crippen LogP contribution in [0.15, 0.2) is 59.8 Å². The zero-order valence-corrected chi connectivity index (χ0v) is 17.5. The Balaban J connectivity index is 1.56. The highest BCUT2D eigenvalue weighted by Gasteiger charge is 2.35. The van der Waals surface area contributed by atoms with Crippen molar-refractivity contribution in [3.63, 3.8) is 0 Å². The lowest BCUT2D eigenvalue weighted by atomic mass is 10.2. The van der Waals surface area contributed by atoms with Crippen molar-refractivity contribution < 1.29 is 22.4 Å². The average molecular weight is 480 g/mol. The van der Waals surface area contributed by atoms with E-state index < -0.39 is 22.9 Å². The van der Waals surface area contributed by atoms with Gasteiger partial charge >= 0.3 is 6.18 Å². The van der Waals surface area contributed by atoms with Crippen LogP contribution in [0.1, 0.15) is 5.01 Å². The van der Waals surface area contributed by atoms with Gasteiger partial charge < -0.3 is 0 Å². The molecule has 0 saturated heterocycles. The van der Waals surface area contributed by atoms with E-state index in [1.165, 1.54) is 6.07 Å². The quantitative estimate of drug-likeness (QED) is 0.319. The number of aromatic nitrogens is 5. The molecule has 1 N–H and O–H groups in total. The topological polar surface area (TPSA) is 85.6 Å². The normalized spacial score (nSPS) is 11.5. The van der Waals surface area contributed by atoms with Crippen LogP contribution in [0.25, 0.3) is 17.1 Å². The van der Waals surface area contributed by atoms with Gasteiger partial charge in [0.25, 0.3) is 0 Å². The van der Waals surface area contributed by atoms with Crippen LogP contribution in [-0.4, -0.2) is 36.6 Å². The number of hydrogen-bond donors (Lipinski definition) is 1. The Hall–Kier alpha value is -3.32. The van der Waals surface area contributed by atoms with Crippen molar-refractivity contribution in [2.45, 2.75) is 11.3 Å². The first kappa shape index (κ1) is 21.9. The summed E-state index contributed by atoms with van der Waals surface area (Å²) in [4.78, 5) is 12.2. The standard InChI is InChI=1S/C19H12F4N6OS2/c20-13-9-5-4-8-12(13)15-25-28-18(29(15)11-6-2-1-3-7-11)31-10-14(30)24-17-27-26-16(32-17)19(21,22)23/h1-9H,10H2,(H,24,27,30). The van der Waals surface area contributed by atoms with Crippen molar-refractivity contribution in [3.05, 3.63) is 65.4 Å². The first-order valence-corrected chi connectivity index (χ1v) is 10.7. The Kier molecular flexibility index (Phi) is 6.19. The maximum absolute atomic E-state index is 14.4. The molecule has 32 heavy (non-hydrogen) atoms. The van der Waals surface area contributed by atoms with Gasteiger partial charge in [0.2, 0.25) is 16.0 Å². The van der Waals surface area contributed by atoms with Crippen LogP contribution in [0.3, 0.4) is 0 Å². The van der Waals surface area contributed by atoms with Gasteiger partial charge in [-0.2, -0.15) is 13.2 Å². The lowest BCUT2D eigenvalue weighted by Crippen LogP contribution is -2.14. The number of rotatable bonds is 6. The number of nitrogens with one attached hydrogen (secondary N) is 1. The summed E-state index contributed by atoms with van der Waals surface area (Å²) in [6.07, 6.45) is -4.63. The van der Waals surface area contributed by atoms with Crippen LogP contribution < -0.4 is 5.32 Å². The number of para-hydroxylation sites is 1. The van der Waals surface area contributed by atoms with Crippen molar-refractivity contribution in [2.24, 2.45) is 0 Å². The van der Waals surface area contributed by atoms with E-state index in [2.05, 4.69) is 25.7 Å². The Morgan fingerprint density at radius 3 is 2.41 bits per heavy atom. The third-order valence-electron chi connectivity index (χ3n) is 4.01. The number of benzene rings is 2. The van der Waals surface area contributed by atoms with E-state index in [1.54, 1.807) is 47.0 Å². The van der Waals surface area contributed by atoms with Crippen LogP contribution in [0.5, 0.6) is 0 Å². The van der Waals surface area contributed by atoms with Crippen molar-refractivity contribution >= 4 is 34.1 Å². The van der Waals surface area contributed by atoms with E-state index >= 15 is 0 Å². The summed E-state index contributed by atoms with van der Waals surface area (Å²) in [5, 5.41) is 15.7. The lowest BCUT2D eigenvalue weighted by Gasteiger charge is -2.10. The molecule has 1 amide bonds. The Bertz CT molecular complexity index is 1240. The van der Waals surface area contributed by atoms with Crippen molar-refractivity contribution in [1.82, 2.24) is 25.0 Å². The van der Waals surface area contributed by atoms with E-state index in [1.807, 2.05) is 6.07 Å². The van der Waals surface area contributed by atoms with Crippen LogP contribution in [0, 0.1) is 5.82 Å². The minimum absolute atomic E-state index is 0.191. The van der Waals surface area contributed by atoms with Gasteiger partial charge in [0, 0.05) is 5.69 Å². The molecule has 4 aromatic rings. The van der Waals surface area contributed by atoms with Gasteiger partial charge in [-0.1, -0.05) is 53.4 Å². The van der Waals surface area contributed by atoms with Gasteiger partial charge in [0.15, 0.2) is 11.0 Å². The van der Waals surface area contributed by atoms with Gasteiger partial charge in [0.05, 0.1) is 11.3 Å². The second-order valence-corrected chi connectivity index (χ2v) is 8.12. The summed E-state index contributed by atoms with van der Waals surface area (Å²) in [6.45, 7) is 0. The smallest absolute Gasteiger partial charge is 0.300 e. The van der Waals surface area contributed by atoms with E-state index in [4.69, 9.17) is 0 Å². The molecule has 0 fully saturated rings. The largest absolute Gasteiger partial charge is 0.445 e. The monoisotopic (exact) mass is 480 g/mol. The molecule has 0 unspecified atom stereocenters. The summed E-state index contributed by atoms with van der Waals surface area (Å²) < 4.78 is 53.9. The Morgan fingerprint density at radius 2 is 1.72 bits per heavy atom. The molecule has 0 spiro atoms. The van der Waals surface area contributed by atoms with Gasteiger partial charge in [-0.3, -0.25) is 14.7 Å². The van der Waals surface area contributed by atoms with Crippen LogP contribution in [0.4, 0.5) is 22.7 Å². The molecular weight excluding hydrogens is 468 g/mol. The number of anilines is 1. The number of carbonyl (C=O) groups excluding carboxylic acids is 1. The fraction of sp³-hybridized carbons (Fsp3) is 0.105. The number of alkyl halides is 3. The van der Waals surface area contributed by atoms with Crippen LogP contribution in [0.2, 0.25) is 0 Å². The molecule has 0 aliphatic rings. The Labute approximate surface area is 186 Å². The molecular formula is C19H12F4N6OS2. The second kappa shape index (κ2) is 9.04. The van der Waals surface area contributed by atoms with Crippen molar-refractivity contribution in [2.75, 3.05) is 11.1 Å². The first-order chi connectivity index (χ1) is 15.3. The molecule has 0 aliphatic heterocycles. The molecule has 2 aromatic heterocycles. The summed E-state index contributed by atoms with van der Waals surface area (Å²) in [6, 6.07) is 15.0. The average Bonchev–Trinajstić information content (AvgIpc) is 3.40. The zero-order valence-electron chi connectivity index (χ0n) is 15.9. The number of amides is 1. The third kappa shape index (κ3) is 4.78. The summed E-state index contributed by atoms with van der Waals surface area (Å²) >= 11 is 1.22. The highest BCUT2D eigenvalue weighted by Crippen LogP contribution is 2.33. The molecule has 0 atom stereocenters. The van der Waals surface area contributed by atoms with E-state index in [-0.39, 0.29) is 33.6 Å². The van der Waals surface area contributed by atoms with Crippen molar-refractivity contribution in [1.29, 1.82) is 0 Å². The predicted molar refractivity (Wildman–Crippen MR) is 111 cm³/mol. The molecule has 164 valence electrons. The van der Waals surface area contributed by atoms with Gasteiger partial charge in [-0.15, -0.1) is 20.4 Å². The molecule has 4 rings (SSSR count). The van der Waals surface area contributed by atoms with E-state index in [0.717, 1.165) is 11.8 Å². The first-order valence-electron chi connectivity index (χ1n) is 8.92. The number of carbonyl (C=O) groups is 1. The minimum atomic E-state index is -4.63. The molecule has 0 bridgehead atoms. The minimum Gasteiger partial charge on any atom is -0.300 e. The number of thioether (sulfide) groups is 1. The van der Waals surface area contributed by atoms with Crippen LogP contribution in [-0.2, 0) is 11.0 Å². The van der Waals surface area contributed by atoms with E-state index in [0.29, 0.717) is 10.8 Å². The predicted octanol–water partition coefficient (Wildman–Crippen LogP) is 4.67. The summed E-state index contributed by atoms with van der Waals surface area (Å²) in [5.74, 6) is -1.03. The SMILES string of the molecule is O=C(CSc1nnc(-c2ccccc2F)n1-c1ccccc1)Nc1nnc(C(F)(F)F)s1. The maximum atomic E-state index is 14.4. The third-order valence-corrected chi connectivity index (χ3v) is 5.82. The van der Waals surface area contributed by atoms with Crippen LogP contribution >= 0.6 is 23.1 Å². The molecule has 7 nitrogen and oxygen atoms in total.